The maximum Gasteiger partial charge on any atom is 0.235 e. The van der Waals surface area contributed by atoms with Crippen LogP contribution in [-0.4, -0.2) is 14.5 Å². The Morgan fingerprint density at radius 3 is 1.81 bits per heavy atom. The molecular weight excluding hydrogens is 703 g/mol. The molecule has 0 radical (unpaired) electrons. The molecule has 3 nitrogen and oxygen atoms in total. The van der Waals surface area contributed by atoms with Gasteiger partial charge in [0.1, 0.15) is 0 Å². The largest absolute Gasteiger partial charge is 0.277 e. The summed E-state index contributed by atoms with van der Waals surface area (Å²) in [7, 11) is 0. The van der Waals surface area contributed by atoms with Gasteiger partial charge in [0, 0.05) is 38.1 Å². The molecule has 0 saturated carbocycles. The fraction of sp³-hybridized carbons (Fsp3) is 0.0545. The van der Waals surface area contributed by atoms with Crippen LogP contribution in [0.4, 0.5) is 0 Å². The highest BCUT2D eigenvalue weighted by Crippen LogP contribution is 2.50. The molecule has 0 amide bonds. The summed E-state index contributed by atoms with van der Waals surface area (Å²) < 4.78 is 2.36. The van der Waals surface area contributed by atoms with Gasteiger partial charge in [-0.1, -0.05) is 184 Å². The lowest BCUT2D eigenvalue weighted by atomic mass is 9.82. The first-order valence-corrected chi connectivity index (χ1v) is 20.1. The number of nitrogens with zero attached hydrogens (tertiary/aromatic N) is 3. The summed E-state index contributed by atoms with van der Waals surface area (Å²) in [5.41, 5.74) is 15.2. The maximum atomic E-state index is 5.52. The van der Waals surface area contributed by atoms with Crippen molar-refractivity contribution in [1.82, 2.24) is 14.5 Å². The second-order valence-electron chi connectivity index (χ2n) is 16.1. The molecule has 272 valence electrons. The summed E-state index contributed by atoms with van der Waals surface area (Å²) in [6.45, 7) is 4.68. The SMILES string of the molecule is CC1(C)c2ccccc2-c2cc(-c3cccc(-c4cccc5c6c7ccccc7c7ccccc7c6n(-c6nc(-c7ccccc7)c7ccccc7n6)c45)c3)ccc21. The predicted octanol–water partition coefficient (Wildman–Crippen LogP) is 14.3. The summed E-state index contributed by atoms with van der Waals surface area (Å²) in [6, 6.07) is 68.2. The van der Waals surface area contributed by atoms with Crippen LogP contribution in [-0.2, 0) is 5.41 Å². The Morgan fingerprint density at radius 1 is 0.379 bits per heavy atom. The van der Waals surface area contributed by atoms with Gasteiger partial charge in [-0.2, -0.15) is 0 Å². The van der Waals surface area contributed by atoms with Gasteiger partial charge in [-0.25, -0.2) is 9.97 Å². The molecule has 0 spiro atoms. The molecule has 58 heavy (non-hydrogen) atoms. The van der Waals surface area contributed by atoms with E-state index in [1.807, 2.05) is 0 Å². The van der Waals surface area contributed by atoms with Gasteiger partial charge in [-0.3, -0.25) is 4.57 Å². The number of para-hydroxylation sites is 2. The van der Waals surface area contributed by atoms with E-state index in [1.54, 1.807) is 0 Å². The van der Waals surface area contributed by atoms with Crippen LogP contribution in [0.1, 0.15) is 25.0 Å². The molecule has 0 aliphatic heterocycles. The van der Waals surface area contributed by atoms with Crippen molar-refractivity contribution in [2.24, 2.45) is 0 Å². The van der Waals surface area contributed by atoms with E-state index in [0.29, 0.717) is 5.95 Å². The topological polar surface area (TPSA) is 30.7 Å². The first-order valence-electron chi connectivity index (χ1n) is 20.1. The van der Waals surface area contributed by atoms with Crippen LogP contribution < -0.4 is 0 Å². The molecule has 2 aromatic heterocycles. The zero-order valence-corrected chi connectivity index (χ0v) is 32.2. The fourth-order valence-electron chi connectivity index (χ4n) is 9.90. The van der Waals surface area contributed by atoms with Crippen molar-refractivity contribution in [1.29, 1.82) is 0 Å². The van der Waals surface area contributed by atoms with Gasteiger partial charge in [0.2, 0.25) is 5.95 Å². The van der Waals surface area contributed by atoms with E-state index in [4.69, 9.17) is 9.97 Å². The number of benzene rings is 9. The summed E-state index contributed by atoms with van der Waals surface area (Å²) in [5, 5.41) is 8.26. The smallest absolute Gasteiger partial charge is 0.235 e. The molecule has 0 N–H and O–H groups in total. The van der Waals surface area contributed by atoms with Crippen molar-refractivity contribution in [3.63, 3.8) is 0 Å². The predicted molar refractivity (Wildman–Crippen MR) is 243 cm³/mol. The normalized spacial score (nSPS) is 13.1. The van der Waals surface area contributed by atoms with Crippen LogP contribution in [0, 0.1) is 0 Å². The van der Waals surface area contributed by atoms with Crippen LogP contribution >= 0.6 is 0 Å². The van der Waals surface area contributed by atoms with Crippen LogP contribution in [0.15, 0.2) is 188 Å². The number of rotatable bonds is 4. The second kappa shape index (κ2) is 12.3. The van der Waals surface area contributed by atoms with E-state index >= 15 is 0 Å². The van der Waals surface area contributed by atoms with E-state index in [9.17, 15) is 0 Å². The first kappa shape index (κ1) is 32.8. The number of hydrogen-bond acceptors (Lipinski definition) is 2. The van der Waals surface area contributed by atoms with Crippen molar-refractivity contribution in [3.05, 3.63) is 199 Å². The molecule has 1 aliphatic carbocycles. The third-order valence-electron chi connectivity index (χ3n) is 12.6. The summed E-state index contributed by atoms with van der Waals surface area (Å²) >= 11 is 0. The zero-order valence-electron chi connectivity index (χ0n) is 32.2. The second-order valence-corrected chi connectivity index (χ2v) is 16.1. The highest BCUT2D eigenvalue weighted by atomic mass is 15.2. The van der Waals surface area contributed by atoms with Crippen LogP contribution in [0.3, 0.4) is 0 Å². The minimum atomic E-state index is -0.0328. The Morgan fingerprint density at radius 2 is 0.966 bits per heavy atom. The van der Waals surface area contributed by atoms with E-state index in [0.717, 1.165) is 44.3 Å². The van der Waals surface area contributed by atoms with E-state index < -0.39 is 0 Å². The molecule has 0 bridgehead atoms. The standard InChI is InChI=1S/C55H37N3/c1-55(2)47-28-12-10-22-41(47)46-33-36(30-31-48(46)55)35-18-14-19-37(32-35)38-26-15-27-45-50-42-23-8-6-20-39(42)40-21-7-9-24-43(40)53(50)58(52(38)45)54-56-49-29-13-11-25-44(49)51(57-54)34-16-4-3-5-17-34/h3-33H,1-2H3. The molecule has 0 unspecified atom stereocenters. The lowest BCUT2D eigenvalue weighted by Gasteiger charge is -2.21. The molecule has 12 rings (SSSR count). The van der Waals surface area contributed by atoms with Crippen LogP contribution in [0.5, 0.6) is 0 Å². The van der Waals surface area contributed by atoms with Crippen molar-refractivity contribution in [2.45, 2.75) is 19.3 Å². The summed E-state index contributed by atoms with van der Waals surface area (Å²) in [6.07, 6.45) is 0. The van der Waals surface area contributed by atoms with Crippen molar-refractivity contribution >= 4 is 54.3 Å². The van der Waals surface area contributed by atoms with E-state index in [2.05, 4.69) is 206 Å². The minimum absolute atomic E-state index is 0.0328. The molecule has 0 atom stereocenters. The van der Waals surface area contributed by atoms with Gasteiger partial charge in [-0.05, 0) is 73.3 Å². The average Bonchev–Trinajstić information content (AvgIpc) is 3.76. The van der Waals surface area contributed by atoms with Crippen molar-refractivity contribution < 1.29 is 0 Å². The maximum absolute atomic E-state index is 5.52. The molecule has 0 fully saturated rings. The van der Waals surface area contributed by atoms with Gasteiger partial charge >= 0.3 is 0 Å². The fourth-order valence-corrected chi connectivity index (χ4v) is 9.90. The van der Waals surface area contributed by atoms with Crippen LogP contribution in [0.2, 0.25) is 0 Å². The highest BCUT2D eigenvalue weighted by Gasteiger charge is 2.35. The van der Waals surface area contributed by atoms with Gasteiger partial charge in [0.05, 0.1) is 22.2 Å². The zero-order chi connectivity index (χ0) is 38.5. The van der Waals surface area contributed by atoms with E-state index in [-0.39, 0.29) is 5.41 Å². The molecule has 11 aromatic rings. The van der Waals surface area contributed by atoms with E-state index in [1.165, 1.54) is 65.7 Å². The molecule has 2 heterocycles. The van der Waals surface area contributed by atoms with Crippen molar-refractivity contribution in [3.8, 4) is 50.6 Å². The Labute approximate surface area is 336 Å². The Hall–Kier alpha value is -7.36. The van der Waals surface area contributed by atoms with Crippen molar-refractivity contribution in [2.75, 3.05) is 0 Å². The van der Waals surface area contributed by atoms with Gasteiger partial charge in [0.25, 0.3) is 0 Å². The highest BCUT2D eigenvalue weighted by molar-refractivity contribution is 6.33. The third kappa shape index (κ3) is 4.68. The van der Waals surface area contributed by atoms with Crippen LogP contribution in [0.25, 0.3) is 105 Å². The Kier molecular flexibility index (Phi) is 6.98. The third-order valence-corrected chi connectivity index (χ3v) is 12.6. The number of hydrogen-bond donors (Lipinski definition) is 0. The Bertz CT molecular complexity index is 3480. The minimum Gasteiger partial charge on any atom is -0.277 e. The first-order chi connectivity index (χ1) is 28.5. The van der Waals surface area contributed by atoms with Gasteiger partial charge in [0.15, 0.2) is 0 Å². The average molecular weight is 740 g/mol. The van der Waals surface area contributed by atoms with Gasteiger partial charge in [-0.15, -0.1) is 0 Å². The molecule has 1 aliphatic rings. The quantitative estimate of drug-likeness (QED) is 0.168. The molecule has 3 heteroatoms. The summed E-state index contributed by atoms with van der Waals surface area (Å²) in [5.74, 6) is 0.654. The lowest BCUT2D eigenvalue weighted by Crippen LogP contribution is -2.14. The Balaban J connectivity index is 1.17. The lowest BCUT2D eigenvalue weighted by molar-refractivity contribution is 0.660. The number of fused-ring (bicyclic) bond motifs is 12. The molecular formula is C55H37N3. The molecule has 0 saturated heterocycles. The molecule has 9 aromatic carbocycles. The van der Waals surface area contributed by atoms with Gasteiger partial charge < -0.3 is 0 Å². The summed E-state index contributed by atoms with van der Waals surface area (Å²) in [4.78, 5) is 10.9. The number of aromatic nitrogens is 3. The monoisotopic (exact) mass is 739 g/mol.